The van der Waals surface area contributed by atoms with Crippen LogP contribution in [0.2, 0.25) is 0 Å². The van der Waals surface area contributed by atoms with Crippen LogP contribution >= 0.6 is 0 Å². The lowest BCUT2D eigenvalue weighted by atomic mass is 10.2. The Morgan fingerprint density at radius 1 is 0.966 bits per heavy atom. The molecule has 7 nitrogen and oxygen atoms in total. The second kappa shape index (κ2) is 8.73. The standard InChI is InChI=1S/C21H27FN6O/c1-2-25-7-9-27(10-8-25)20-15-18(23-16-24-20)21(29)28-13-11-26(12-14-28)19-6-4-3-5-17(19)22/h3-6,15-16H,2,7-14H2,1H3. The first kappa shape index (κ1) is 19.6. The number of carbonyl (C=O) groups excluding carboxylic acids is 1. The smallest absolute Gasteiger partial charge is 0.272 e. The summed E-state index contributed by atoms with van der Waals surface area (Å²) in [7, 11) is 0. The zero-order chi connectivity index (χ0) is 20.2. The van der Waals surface area contributed by atoms with Gasteiger partial charge < -0.3 is 19.6 Å². The van der Waals surface area contributed by atoms with Crippen molar-refractivity contribution in [3.63, 3.8) is 0 Å². The fraction of sp³-hybridized carbons (Fsp3) is 0.476. The van der Waals surface area contributed by atoms with Gasteiger partial charge in [-0.3, -0.25) is 4.79 Å². The highest BCUT2D eigenvalue weighted by molar-refractivity contribution is 5.93. The highest BCUT2D eigenvalue weighted by atomic mass is 19.1. The third kappa shape index (κ3) is 4.32. The van der Waals surface area contributed by atoms with E-state index in [1.165, 1.54) is 12.4 Å². The summed E-state index contributed by atoms with van der Waals surface area (Å²) < 4.78 is 14.0. The second-order valence-corrected chi connectivity index (χ2v) is 7.41. The number of carbonyl (C=O) groups is 1. The first-order valence-electron chi connectivity index (χ1n) is 10.2. The Hall–Kier alpha value is -2.74. The van der Waals surface area contributed by atoms with Crippen LogP contribution in [0.1, 0.15) is 17.4 Å². The lowest BCUT2D eigenvalue weighted by Crippen LogP contribution is -2.49. The summed E-state index contributed by atoms with van der Waals surface area (Å²) in [5.41, 5.74) is 1.02. The summed E-state index contributed by atoms with van der Waals surface area (Å²) in [5.74, 6) is 0.494. The number of likely N-dealkylation sites (N-methyl/N-ethyl adjacent to an activating group) is 1. The lowest BCUT2D eigenvalue weighted by Gasteiger charge is -2.36. The van der Waals surface area contributed by atoms with Gasteiger partial charge in [0.15, 0.2) is 0 Å². The van der Waals surface area contributed by atoms with E-state index >= 15 is 0 Å². The van der Waals surface area contributed by atoms with Gasteiger partial charge in [-0.25, -0.2) is 14.4 Å². The second-order valence-electron chi connectivity index (χ2n) is 7.41. The normalized spacial score (nSPS) is 18.2. The van der Waals surface area contributed by atoms with Crippen molar-refractivity contribution in [3.8, 4) is 0 Å². The molecule has 8 heteroatoms. The first-order chi connectivity index (χ1) is 14.2. The average molecular weight is 398 g/mol. The van der Waals surface area contributed by atoms with Gasteiger partial charge in [-0.15, -0.1) is 0 Å². The van der Waals surface area contributed by atoms with Gasteiger partial charge in [0.1, 0.15) is 23.7 Å². The van der Waals surface area contributed by atoms with E-state index in [4.69, 9.17) is 0 Å². The molecule has 3 heterocycles. The molecule has 2 saturated heterocycles. The Balaban J connectivity index is 1.39. The molecular weight excluding hydrogens is 371 g/mol. The van der Waals surface area contributed by atoms with Crippen LogP contribution in [-0.4, -0.2) is 84.6 Å². The fourth-order valence-corrected chi connectivity index (χ4v) is 3.95. The number of benzene rings is 1. The van der Waals surface area contributed by atoms with Crippen LogP contribution in [0.5, 0.6) is 0 Å². The van der Waals surface area contributed by atoms with E-state index in [1.54, 1.807) is 23.1 Å². The number of para-hydroxylation sites is 1. The summed E-state index contributed by atoms with van der Waals surface area (Å²) in [6.07, 6.45) is 1.48. The molecule has 29 heavy (non-hydrogen) atoms. The van der Waals surface area contributed by atoms with Crippen LogP contribution in [0, 0.1) is 5.82 Å². The van der Waals surface area contributed by atoms with Gasteiger partial charge in [-0.2, -0.15) is 0 Å². The van der Waals surface area contributed by atoms with Crippen molar-refractivity contribution in [2.24, 2.45) is 0 Å². The molecule has 4 rings (SSSR count). The molecule has 1 aromatic heterocycles. The van der Waals surface area contributed by atoms with Gasteiger partial charge in [0.25, 0.3) is 5.91 Å². The summed E-state index contributed by atoms with van der Waals surface area (Å²) in [6, 6.07) is 8.57. The maximum Gasteiger partial charge on any atom is 0.272 e. The van der Waals surface area contributed by atoms with Gasteiger partial charge in [0.05, 0.1) is 5.69 Å². The minimum Gasteiger partial charge on any atom is -0.366 e. The van der Waals surface area contributed by atoms with Crippen molar-refractivity contribution in [1.82, 2.24) is 19.8 Å². The molecule has 0 aliphatic carbocycles. The molecule has 2 aromatic rings. The predicted molar refractivity (Wildman–Crippen MR) is 111 cm³/mol. The largest absolute Gasteiger partial charge is 0.366 e. The Bertz CT molecular complexity index is 847. The van der Waals surface area contributed by atoms with Crippen LogP contribution in [0.4, 0.5) is 15.9 Å². The minimum absolute atomic E-state index is 0.0889. The Morgan fingerprint density at radius 3 is 2.34 bits per heavy atom. The van der Waals surface area contributed by atoms with Crippen molar-refractivity contribution >= 4 is 17.4 Å². The molecule has 2 aliphatic heterocycles. The SMILES string of the molecule is CCN1CCN(c2cc(C(=O)N3CCN(c4ccccc4F)CC3)ncn2)CC1. The minimum atomic E-state index is -0.226. The molecule has 1 aromatic carbocycles. The van der Waals surface area contributed by atoms with Crippen LogP contribution in [0.15, 0.2) is 36.7 Å². The third-order valence-electron chi connectivity index (χ3n) is 5.78. The van der Waals surface area contributed by atoms with Gasteiger partial charge in [-0.1, -0.05) is 19.1 Å². The first-order valence-corrected chi connectivity index (χ1v) is 10.2. The molecule has 0 atom stereocenters. The molecule has 1 amide bonds. The Labute approximate surface area is 170 Å². The maximum absolute atomic E-state index is 14.0. The van der Waals surface area contributed by atoms with E-state index in [2.05, 4.69) is 26.7 Å². The molecule has 2 aliphatic rings. The molecule has 0 unspecified atom stereocenters. The van der Waals surface area contributed by atoms with Crippen molar-refractivity contribution in [1.29, 1.82) is 0 Å². The third-order valence-corrected chi connectivity index (χ3v) is 5.78. The number of anilines is 2. The molecular formula is C21H27FN6O. The number of aromatic nitrogens is 2. The van der Waals surface area contributed by atoms with E-state index in [0.29, 0.717) is 37.6 Å². The number of halogens is 1. The summed E-state index contributed by atoms with van der Waals surface area (Å²) in [4.78, 5) is 29.9. The van der Waals surface area contributed by atoms with Crippen LogP contribution in [0.25, 0.3) is 0 Å². The van der Waals surface area contributed by atoms with Gasteiger partial charge in [0, 0.05) is 58.4 Å². The predicted octanol–water partition coefficient (Wildman–Crippen LogP) is 1.72. The number of hydrogen-bond acceptors (Lipinski definition) is 6. The van der Waals surface area contributed by atoms with E-state index in [1.807, 2.05) is 11.0 Å². The lowest BCUT2D eigenvalue weighted by molar-refractivity contribution is 0.0740. The number of rotatable bonds is 4. The molecule has 0 bridgehead atoms. The van der Waals surface area contributed by atoms with Crippen LogP contribution in [-0.2, 0) is 0 Å². The monoisotopic (exact) mass is 398 g/mol. The van der Waals surface area contributed by atoms with E-state index in [0.717, 1.165) is 38.5 Å². The molecule has 0 saturated carbocycles. The zero-order valence-corrected chi connectivity index (χ0v) is 16.8. The summed E-state index contributed by atoms with van der Waals surface area (Å²) in [5, 5.41) is 0. The Morgan fingerprint density at radius 2 is 1.66 bits per heavy atom. The van der Waals surface area contributed by atoms with Gasteiger partial charge in [-0.05, 0) is 18.7 Å². The van der Waals surface area contributed by atoms with Gasteiger partial charge in [0.2, 0.25) is 0 Å². The van der Waals surface area contributed by atoms with E-state index in [-0.39, 0.29) is 11.7 Å². The van der Waals surface area contributed by atoms with Crippen molar-refractivity contribution in [2.45, 2.75) is 6.92 Å². The van der Waals surface area contributed by atoms with E-state index < -0.39 is 0 Å². The molecule has 0 spiro atoms. The fourth-order valence-electron chi connectivity index (χ4n) is 3.95. The molecule has 2 fully saturated rings. The quantitative estimate of drug-likeness (QED) is 0.782. The van der Waals surface area contributed by atoms with Gasteiger partial charge >= 0.3 is 0 Å². The number of piperazine rings is 2. The van der Waals surface area contributed by atoms with Crippen molar-refractivity contribution in [3.05, 3.63) is 48.2 Å². The maximum atomic E-state index is 14.0. The number of amides is 1. The highest BCUT2D eigenvalue weighted by Crippen LogP contribution is 2.21. The summed E-state index contributed by atoms with van der Waals surface area (Å²) >= 11 is 0. The number of hydrogen-bond donors (Lipinski definition) is 0. The zero-order valence-electron chi connectivity index (χ0n) is 16.8. The Kier molecular flexibility index (Phi) is 5.89. The highest BCUT2D eigenvalue weighted by Gasteiger charge is 2.25. The van der Waals surface area contributed by atoms with Crippen molar-refractivity contribution < 1.29 is 9.18 Å². The summed E-state index contributed by atoms with van der Waals surface area (Å²) in [6.45, 7) is 9.32. The van der Waals surface area contributed by atoms with Crippen LogP contribution in [0.3, 0.4) is 0 Å². The van der Waals surface area contributed by atoms with Crippen LogP contribution < -0.4 is 9.80 Å². The number of nitrogens with zero attached hydrogens (tertiary/aromatic N) is 6. The molecule has 154 valence electrons. The molecule has 0 radical (unpaired) electrons. The van der Waals surface area contributed by atoms with E-state index in [9.17, 15) is 9.18 Å². The average Bonchev–Trinajstić information content (AvgIpc) is 2.79. The van der Waals surface area contributed by atoms with Crippen molar-refractivity contribution in [2.75, 3.05) is 68.7 Å². The molecule has 0 N–H and O–H groups in total. The topological polar surface area (TPSA) is 55.8 Å².